The summed E-state index contributed by atoms with van der Waals surface area (Å²) in [5, 5.41) is 22.5. The second-order valence-corrected chi connectivity index (χ2v) is 14.8. The summed E-state index contributed by atoms with van der Waals surface area (Å²) >= 11 is 0. The van der Waals surface area contributed by atoms with Crippen molar-refractivity contribution in [2.75, 3.05) is 13.2 Å². The number of allylic oxidation sites excluding steroid dienone is 5. The van der Waals surface area contributed by atoms with Crippen LogP contribution in [0.1, 0.15) is 200 Å². The minimum atomic E-state index is -1.39. The van der Waals surface area contributed by atoms with Gasteiger partial charge in [-0.3, -0.25) is 14.4 Å². The summed E-state index contributed by atoms with van der Waals surface area (Å²) in [6.07, 6.45) is 45.2. The number of aliphatic carboxylic acids is 1. The quantitative estimate of drug-likeness (QED) is 0.0277. The molecule has 0 fully saturated rings. The first-order valence-corrected chi connectivity index (χ1v) is 21.9. The number of esters is 1. The Morgan fingerprint density at radius 1 is 0.574 bits per heavy atom. The van der Waals surface area contributed by atoms with E-state index in [0.717, 1.165) is 64.2 Å². The SMILES string of the molecule is CCCC/C=C\C(CCCCCCC(=O)NCC(=O)NC(CO)C(=O)O)OC(=O)CCCCCCCCCCCCC/C=C\C/C=C\CCCCCCC. The molecule has 0 bridgehead atoms. The molecule has 0 aromatic carbocycles. The van der Waals surface area contributed by atoms with Gasteiger partial charge in [0, 0.05) is 12.8 Å². The highest BCUT2D eigenvalue weighted by atomic mass is 16.5. The fourth-order valence-electron chi connectivity index (χ4n) is 6.17. The average Bonchev–Trinajstić information content (AvgIpc) is 3.16. The number of rotatable bonds is 39. The van der Waals surface area contributed by atoms with Gasteiger partial charge in [0.1, 0.15) is 12.1 Å². The second-order valence-electron chi connectivity index (χ2n) is 14.8. The number of aliphatic hydroxyl groups excluding tert-OH is 1. The molecule has 0 saturated carbocycles. The number of nitrogens with one attached hydrogen (secondary N) is 2. The Balaban J connectivity index is 3.91. The number of carbonyl (C=O) groups is 4. The first-order chi connectivity index (χ1) is 26.3. The van der Waals surface area contributed by atoms with Crippen LogP contribution in [0, 0.1) is 0 Å². The van der Waals surface area contributed by atoms with Crippen molar-refractivity contribution < 1.29 is 34.1 Å². The molecule has 0 heterocycles. The molecule has 0 aromatic heterocycles. The molecule has 2 amide bonds. The predicted molar refractivity (Wildman–Crippen MR) is 222 cm³/mol. The topological polar surface area (TPSA) is 142 Å². The number of carbonyl (C=O) groups excluding carboxylic acids is 3. The molecule has 0 aliphatic carbocycles. The summed E-state index contributed by atoms with van der Waals surface area (Å²) < 4.78 is 5.84. The number of ether oxygens (including phenoxy) is 1. The molecule has 4 N–H and O–H groups in total. The van der Waals surface area contributed by atoms with Gasteiger partial charge in [-0.05, 0) is 70.3 Å². The third-order valence-electron chi connectivity index (χ3n) is 9.59. The van der Waals surface area contributed by atoms with Crippen molar-refractivity contribution in [1.29, 1.82) is 0 Å². The first kappa shape index (κ1) is 51.1. The van der Waals surface area contributed by atoms with E-state index in [1.54, 1.807) is 0 Å². The monoisotopic (exact) mass is 761 g/mol. The third-order valence-corrected chi connectivity index (χ3v) is 9.59. The lowest BCUT2D eigenvalue weighted by Gasteiger charge is -2.15. The van der Waals surface area contributed by atoms with Gasteiger partial charge in [0.25, 0.3) is 0 Å². The fourth-order valence-corrected chi connectivity index (χ4v) is 6.17. The van der Waals surface area contributed by atoms with Crippen LogP contribution < -0.4 is 10.6 Å². The largest absolute Gasteiger partial charge is 0.480 e. The summed E-state index contributed by atoms with van der Waals surface area (Å²) in [5.41, 5.74) is 0. The zero-order chi connectivity index (χ0) is 39.7. The Labute approximate surface area is 329 Å². The van der Waals surface area contributed by atoms with Crippen LogP contribution >= 0.6 is 0 Å². The van der Waals surface area contributed by atoms with Gasteiger partial charge in [-0.25, -0.2) is 4.79 Å². The number of unbranched alkanes of at least 4 members (excludes halogenated alkanes) is 21. The van der Waals surface area contributed by atoms with Gasteiger partial charge in [0.2, 0.25) is 11.8 Å². The number of amides is 2. The molecule has 312 valence electrons. The lowest BCUT2D eigenvalue weighted by molar-refractivity contribution is -0.147. The van der Waals surface area contributed by atoms with Crippen LogP contribution in [0.4, 0.5) is 0 Å². The van der Waals surface area contributed by atoms with E-state index in [2.05, 4.69) is 54.9 Å². The number of aliphatic hydroxyl groups is 1. The van der Waals surface area contributed by atoms with Crippen molar-refractivity contribution in [2.24, 2.45) is 0 Å². The standard InChI is InChI=1S/C45H80N2O7/c1-3-5-7-9-10-11-12-13-14-15-16-17-18-19-20-21-22-23-24-25-26-27-33-37-44(51)54-40(34-30-8-6-4-2)35-31-28-29-32-36-42(49)46-38-43(50)47-41(39-48)45(52)53/h12-13,15-16,30,34,40-41,48H,3-11,14,17-29,31-33,35-39H2,1-2H3,(H,46,49)(H,47,50)(H,52,53)/b13-12-,16-15-,34-30-. The number of hydrogen-bond acceptors (Lipinski definition) is 6. The number of carboxylic acids is 1. The minimum Gasteiger partial charge on any atom is -0.480 e. The van der Waals surface area contributed by atoms with Crippen LogP contribution in [0.2, 0.25) is 0 Å². The summed E-state index contributed by atoms with van der Waals surface area (Å²) in [6, 6.07) is -1.39. The molecule has 0 aliphatic rings. The molecule has 0 radical (unpaired) electrons. The van der Waals surface area contributed by atoms with E-state index in [0.29, 0.717) is 12.8 Å². The van der Waals surface area contributed by atoms with E-state index < -0.39 is 24.5 Å². The highest BCUT2D eigenvalue weighted by molar-refractivity contribution is 5.87. The zero-order valence-corrected chi connectivity index (χ0v) is 34.5. The van der Waals surface area contributed by atoms with Gasteiger partial charge in [0.15, 0.2) is 0 Å². The smallest absolute Gasteiger partial charge is 0.328 e. The highest BCUT2D eigenvalue weighted by Gasteiger charge is 2.18. The maximum atomic E-state index is 12.6. The molecule has 0 aliphatic heterocycles. The first-order valence-electron chi connectivity index (χ1n) is 21.9. The minimum absolute atomic E-state index is 0.120. The second kappa shape index (κ2) is 39.7. The van der Waals surface area contributed by atoms with Crippen molar-refractivity contribution in [3.05, 3.63) is 36.5 Å². The van der Waals surface area contributed by atoms with Gasteiger partial charge in [-0.15, -0.1) is 0 Å². The molecular formula is C45H80N2O7. The average molecular weight is 761 g/mol. The van der Waals surface area contributed by atoms with Crippen LogP contribution in [0.15, 0.2) is 36.5 Å². The van der Waals surface area contributed by atoms with E-state index in [1.165, 1.54) is 103 Å². The lowest BCUT2D eigenvalue weighted by Crippen LogP contribution is -2.47. The number of carboxylic acid groups (broad SMARTS) is 1. The van der Waals surface area contributed by atoms with Gasteiger partial charge in [-0.2, -0.15) is 0 Å². The summed E-state index contributed by atoms with van der Waals surface area (Å²) in [4.78, 5) is 47.3. The molecule has 0 saturated heterocycles. The molecule has 9 heteroatoms. The van der Waals surface area contributed by atoms with Crippen LogP contribution in [0.3, 0.4) is 0 Å². The highest BCUT2D eigenvalue weighted by Crippen LogP contribution is 2.16. The summed E-state index contributed by atoms with van der Waals surface area (Å²) in [6.45, 7) is 3.37. The van der Waals surface area contributed by atoms with Crippen molar-refractivity contribution >= 4 is 23.8 Å². The van der Waals surface area contributed by atoms with Gasteiger partial charge >= 0.3 is 11.9 Å². The van der Waals surface area contributed by atoms with Crippen molar-refractivity contribution in [1.82, 2.24) is 10.6 Å². The van der Waals surface area contributed by atoms with Crippen LogP contribution in [0.5, 0.6) is 0 Å². The van der Waals surface area contributed by atoms with E-state index in [4.69, 9.17) is 14.9 Å². The normalized spacial score (nSPS) is 12.8. The lowest BCUT2D eigenvalue weighted by atomic mass is 10.0. The van der Waals surface area contributed by atoms with Gasteiger partial charge < -0.3 is 25.6 Å². The van der Waals surface area contributed by atoms with Crippen LogP contribution in [0.25, 0.3) is 0 Å². The van der Waals surface area contributed by atoms with Crippen molar-refractivity contribution in [3.63, 3.8) is 0 Å². The maximum absolute atomic E-state index is 12.6. The molecular weight excluding hydrogens is 681 g/mol. The summed E-state index contributed by atoms with van der Waals surface area (Å²) in [7, 11) is 0. The van der Waals surface area contributed by atoms with E-state index >= 15 is 0 Å². The Morgan fingerprint density at radius 3 is 1.63 bits per heavy atom. The van der Waals surface area contributed by atoms with Crippen LogP contribution in [-0.2, 0) is 23.9 Å². The Morgan fingerprint density at radius 2 is 1.07 bits per heavy atom. The molecule has 2 atom stereocenters. The predicted octanol–water partition coefficient (Wildman–Crippen LogP) is 10.6. The zero-order valence-electron chi connectivity index (χ0n) is 34.5. The Kier molecular flexibility index (Phi) is 37.6. The van der Waals surface area contributed by atoms with E-state index in [1.807, 2.05) is 6.08 Å². The van der Waals surface area contributed by atoms with Gasteiger partial charge in [-0.1, -0.05) is 153 Å². The third kappa shape index (κ3) is 36.1. The number of hydrogen-bond donors (Lipinski definition) is 4. The molecule has 9 nitrogen and oxygen atoms in total. The molecule has 54 heavy (non-hydrogen) atoms. The molecule has 0 aromatic rings. The Hall–Kier alpha value is -2.94. The molecule has 2 unspecified atom stereocenters. The van der Waals surface area contributed by atoms with E-state index in [-0.39, 0.29) is 30.9 Å². The van der Waals surface area contributed by atoms with E-state index in [9.17, 15) is 19.2 Å². The van der Waals surface area contributed by atoms with Gasteiger partial charge in [0.05, 0.1) is 13.2 Å². The summed E-state index contributed by atoms with van der Waals surface area (Å²) in [5.74, 6) is -2.41. The molecule has 0 spiro atoms. The van der Waals surface area contributed by atoms with Crippen LogP contribution in [-0.4, -0.2) is 59.3 Å². The fraction of sp³-hybridized carbons (Fsp3) is 0.778. The molecule has 0 rings (SSSR count). The maximum Gasteiger partial charge on any atom is 0.328 e. The van der Waals surface area contributed by atoms with Crippen molar-refractivity contribution in [2.45, 2.75) is 212 Å². The Bertz CT molecular complexity index is 1010. The van der Waals surface area contributed by atoms with Crippen molar-refractivity contribution in [3.8, 4) is 0 Å².